The molecule has 0 aliphatic heterocycles. The maximum Gasteiger partial charge on any atom is 0.316 e. The molecular formula is C13H20N2O4. The molecule has 0 fully saturated rings. The Hall–Kier alpha value is -1.95. The van der Waals surface area contributed by atoms with Gasteiger partial charge in [0.2, 0.25) is 0 Å². The van der Waals surface area contributed by atoms with Crippen LogP contribution in [-0.2, 0) is 11.2 Å². The maximum atomic E-state index is 11.3. The highest BCUT2D eigenvalue weighted by atomic mass is 16.5. The second-order valence-electron chi connectivity index (χ2n) is 3.79. The molecule has 19 heavy (non-hydrogen) atoms. The highest BCUT2D eigenvalue weighted by Crippen LogP contribution is 2.23. The lowest BCUT2D eigenvalue weighted by molar-refractivity contribution is 0.172. The predicted molar refractivity (Wildman–Crippen MR) is 71.7 cm³/mol. The summed E-state index contributed by atoms with van der Waals surface area (Å²) < 4.78 is 15.2. The molecule has 6 heteroatoms. The van der Waals surface area contributed by atoms with Crippen molar-refractivity contribution in [2.75, 3.05) is 34.6 Å². The first-order valence-corrected chi connectivity index (χ1v) is 5.92. The minimum atomic E-state index is -0.260. The summed E-state index contributed by atoms with van der Waals surface area (Å²) in [5.41, 5.74) is 0.980. The monoisotopic (exact) mass is 268 g/mol. The molecule has 0 aliphatic carbocycles. The molecule has 0 aliphatic rings. The van der Waals surface area contributed by atoms with Gasteiger partial charge in [-0.1, -0.05) is 0 Å². The highest BCUT2D eigenvalue weighted by Gasteiger charge is 2.06. The van der Waals surface area contributed by atoms with Gasteiger partial charge in [-0.2, -0.15) is 0 Å². The second kappa shape index (κ2) is 8.20. The van der Waals surface area contributed by atoms with Crippen LogP contribution >= 0.6 is 0 Å². The maximum absolute atomic E-state index is 11.3. The minimum absolute atomic E-state index is 0.189. The first kappa shape index (κ1) is 15.1. The van der Waals surface area contributed by atoms with Gasteiger partial charge in [0.05, 0.1) is 14.2 Å². The molecule has 1 aromatic carbocycles. The van der Waals surface area contributed by atoms with E-state index < -0.39 is 0 Å². The first-order valence-electron chi connectivity index (χ1n) is 5.92. The Labute approximate surface area is 113 Å². The van der Waals surface area contributed by atoms with E-state index in [1.54, 1.807) is 14.2 Å². The van der Waals surface area contributed by atoms with Gasteiger partial charge in [0.1, 0.15) is 18.2 Å². The van der Waals surface area contributed by atoms with E-state index in [2.05, 4.69) is 10.6 Å². The van der Waals surface area contributed by atoms with Gasteiger partial charge < -0.3 is 24.8 Å². The average Bonchev–Trinajstić information content (AvgIpc) is 2.44. The fourth-order valence-electron chi connectivity index (χ4n) is 1.59. The number of carbonyl (C=O) groups is 1. The van der Waals surface area contributed by atoms with Crippen molar-refractivity contribution in [3.8, 4) is 11.5 Å². The molecule has 1 aromatic rings. The summed E-state index contributed by atoms with van der Waals surface area (Å²) in [6.07, 6.45) is 0.654. The van der Waals surface area contributed by atoms with Crippen molar-refractivity contribution in [3.63, 3.8) is 0 Å². The molecular weight excluding hydrogens is 248 g/mol. The van der Waals surface area contributed by atoms with Gasteiger partial charge in [-0.3, -0.25) is 0 Å². The van der Waals surface area contributed by atoms with E-state index in [1.807, 2.05) is 18.2 Å². The first-order chi connectivity index (χ1) is 9.21. The highest BCUT2D eigenvalue weighted by molar-refractivity contribution is 5.73. The fourth-order valence-corrected chi connectivity index (χ4v) is 1.59. The minimum Gasteiger partial charge on any atom is -0.497 e. The number of benzene rings is 1. The van der Waals surface area contributed by atoms with E-state index in [9.17, 15) is 4.79 Å². The van der Waals surface area contributed by atoms with E-state index in [4.69, 9.17) is 14.2 Å². The molecule has 0 aromatic heterocycles. The third-order valence-electron chi connectivity index (χ3n) is 2.54. The van der Waals surface area contributed by atoms with Gasteiger partial charge in [0, 0.05) is 13.7 Å². The number of hydrogen-bond donors (Lipinski definition) is 2. The van der Waals surface area contributed by atoms with Crippen molar-refractivity contribution in [2.45, 2.75) is 6.42 Å². The van der Waals surface area contributed by atoms with Gasteiger partial charge in [-0.25, -0.2) is 4.79 Å². The summed E-state index contributed by atoms with van der Waals surface area (Å²) >= 11 is 0. The molecule has 0 bridgehead atoms. The number of rotatable bonds is 7. The van der Waals surface area contributed by atoms with Crippen LogP contribution in [0.1, 0.15) is 5.56 Å². The molecule has 1 rings (SSSR count). The van der Waals surface area contributed by atoms with Crippen LogP contribution in [0, 0.1) is 0 Å². The normalized spacial score (nSPS) is 9.84. The Bertz CT molecular complexity index is 410. The summed E-state index contributed by atoms with van der Waals surface area (Å²) in [4.78, 5) is 11.3. The van der Waals surface area contributed by atoms with Crippen molar-refractivity contribution in [3.05, 3.63) is 23.8 Å². The van der Waals surface area contributed by atoms with Crippen molar-refractivity contribution in [1.82, 2.24) is 10.6 Å². The summed E-state index contributed by atoms with van der Waals surface area (Å²) in [6.45, 7) is 0.688. The van der Waals surface area contributed by atoms with Crippen LogP contribution in [0.15, 0.2) is 18.2 Å². The van der Waals surface area contributed by atoms with Gasteiger partial charge in [-0.15, -0.1) is 0 Å². The molecule has 2 amide bonds. The van der Waals surface area contributed by atoms with Gasteiger partial charge in [0.25, 0.3) is 0 Å². The van der Waals surface area contributed by atoms with Crippen LogP contribution in [-0.4, -0.2) is 40.6 Å². The van der Waals surface area contributed by atoms with Crippen molar-refractivity contribution in [2.24, 2.45) is 0 Å². The van der Waals surface area contributed by atoms with E-state index >= 15 is 0 Å². The summed E-state index contributed by atoms with van der Waals surface area (Å²) in [5, 5.41) is 5.27. The van der Waals surface area contributed by atoms with E-state index in [0.29, 0.717) is 13.0 Å². The molecule has 0 saturated carbocycles. The zero-order valence-electron chi connectivity index (χ0n) is 11.5. The van der Waals surface area contributed by atoms with Crippen LogP contribution in [0.4, 0.5) is 4.79 Å². The summed E-state index contributed by atoms with van der Waals surface area (Å²) in [6, 6.07) is 5.32. The number of carbonyl (C=O) groups excluding carboxylic acids is 1. The topological polar surface area (TPSA) is 68.8 Å². The lowest BCUT2D eigenvalue weighted by Crippen LogP contribution is -2.37. The smallest absolute Gasteiger partial charge is 0.316 e. The molecule has 0 saturated heterocycles. The number of ether oxygens (including phenoxy) is 3. The lowest BCUT2D eigenvalue weighted by Gasteiger charge is -2.11. The number of urea groups is 1. The Morgan fingerprint density at radius 3 is 2.58 bits per heavy atom. The van der Waals surface area contributed by atoms with Crippen molar-refractivity contribution < 1.29 is 19.0 Å². The third kappa shape index (κ3) is 5.05. The van der Waals surface area contributed by atoms with E-state index in [0.717, 1.165) is 17.1 Å². The number of methoxy groups -OCH3 is 3. The Kier molecular flexibility index (Phi) is 6.52. The molecule has 6 nitrogen and oxygen atoms in total. The van der Waals surface area contributed by atoms with Gasteiger partial charge in [-0.05, 0) is 30.2 Å². The van der Waals surface area contributed by atoms with Crippen LogP contribution in [0.2, 0.25) is 0 Å². The zero-order valence-corrected chi connectivity index (χ0v) is 11.5. The van der Waals surface area contributed by atoms with Gasteiger partial charge >= 0.3 is 6.03 Å². The zero-order chi connectivity index (χ0) is 14.1. The molecule has 0 unspecified atom stereocenters. The fraction of sp³-hybridized carbons (Fsp3) is 0.462. The van der Waals surface area contributed by atoms with Crippen molar-refractivity contribution in [1.29, 1.82) is 0 Å². The molecule has 0 spiro atoms. The van der Waals surface area contributed by atoms with Gasteiger partial charge in [0.15, 0.2) is 0 Å². The molecule has 0 heterocycles. The Morgan fingerprint density at radius 2 is 1.95 bits per heavy atom. The average molecular weight is 268 g/mol. The second-order valence-corrected chi connectivity index (χ2v) is 3.79. The Balaban J connectivity index is 2.49. The predicted octanol–water partition coefficient (Wildman–Crippen LogP) is 1.15. The van der Waals surface area contributed by atoms with Crippen LogP contribution < -0.4 is 20.1 Å². The largest absolute Gasteiger partial charge is 0.497 e. The van der Waals surface area contributed by atoms with Crippen LogP contribution in [0.3, 0.4) is 0 Å². The summed E-state index contributed by atoms with van der Waals surface area (Å²) in [7, 11) is 4.74. The molecule has 0 atom stereocenters. The number of nitrogens with one attached hydrogen (secondary N) is 2. The lowest BCUT2D eigenvalue weighted by atomic mass is 10.1. The third-order valence-corrected chi connectivity index (χ3v) is 2.54. The number of amides is 2. The molecule has 2 N–H and O–H groups in total. The van der Waals surface area contributed by atoms with E-state index in [-0.39, 0.29) is 12.8 Å². The standard InChI is InChI=1S/C13H20N2O4/c1-17-9-15-13(16)14-7-6-10-8-11(18-2)4-5-12(10)19-3/h4-5,8H,6-7,9H2,1-3H3,(H2,14,15,16). The number of hydrogen-bond acceptors (Lipinski definition) is 4. The summed E-state index contributed by atoms with van der Waals surface area (Å²) in [5.74, 6) is 1.54. The quantitative estimate of drug-likeness (QED) is 0.728. The molecule has 106 valence electrons. The SMILES string of the molecule is COCNC(=O)NCCc1cc(OC)ccc1OC. The van der Waals surface area contributed by atoms with E-state index in [1.165, 1.54) is 7.11 Å². The Morgan fingerprint density at radius 1 is 1.16 bits per heavy atom. The van der Waals surface area contributed by atoms with Crippen molar-refractivity contribution >= 4 is 6.03 Å². The molecule has 0 radical (unpaired) electrons. The van der Waals surface area contributed by atoms with Crippen LogP contribution in [0.5, 0.6) is 11.5 Å². The van der Waals surface area contributed by atoms with Crippen LogP contribution in [0.25, 0.3) is 0 Å².